The highest BCUT2D eigenvalue weighted by molar-refractivity contribution is 5.93. The summed E-state index contributed by atoms with van der Waals surface area (Å²) in [7, 11) is 0. The van der Waals surface area contributed by atoms with Gasteiger partial charge in [0.1, 0.15) is 5.69 Å². The molecule has 10 heteroatoms. The van der Waals surface area contributed by atoms with E-state index in [-0.39, 0.29) is 23.8 Å². The molecule has 0 radical (unpaired) electrons. The summed E-state index contributed by atoms with van der Waals surface area (Å²) in [6, 6.07) is 4.85. The van der Waals surface area contributed by atoms with Crippen molar-refractivity contribution in [2.24, 2.45) is 0 Å². The van der Waals surface area contributed by atoms with Crippen LogP contribution in [0, 0.1) is 0 Å². The van der Waals surface area contributed by atoms with Gasteiger partial charge in [-0.3, -0.25) is 19.5 Å². The van der Waals surface area contributed by atoms with Gasteiger partial charge in [0.15, 0.2) is 0 Å². The number of halogens is 3. The van der Waals surface area contributed by atoms with Crippen LogP contribution in [0.15, 0.2) is 42.9 Å². The maximum atomic E-state index is 13.0. The van der Waals surface area contributed by atoms with E-state index in [0.29, 0.717) is 26.2 Å². The number of rotatable bonds is 4. The topological polar surface area (TPSA) is 78.4 Å². The van der Waals surface area contributed by atoms with Gasteiger partial charge in [-0.1, -0.05) is 12.1 Å². The molecule has 1 N–H and O–H groups in total. The zero-order valence-corrected chi connectivity index (χ0v) is 14.8. The number of nitrogens with one attached hydrogen (secondary N) is 1. The fourth-order valence-electron chi connectivity index (χ4n) is 2.91. The molecule has 0 saturated carbocycles. The van der Waals surface area contributed by atoms with Crippen molar-refractivity contribution < 1.29 is 22.8 Å². The van der Waals surface area contributed by atoms with E-state index in [9.17, 15) is 22.8 Å². The van der Waals surface area contributed by atoms with Gasteiger partial charge in [0.2, 0.25) is 5.91 Å². The van der Waals surface area contributed by atoms with Gasteiger partial charge in [0.05, 0.1) is 24.0 Å². The third-order valence-electron chi connectivity index (χ3n) is 4.32. The summed E-state index contributed by atoms with van der Waals surface area (Å²) in [6.07, 6.45) is -0.243. The first kappa shape index (κ1) is 19.7. The van der Waals surface area contributed by atoms with Gasteiger partial charge < -0.3 is 10.2 Å². The van der Waals surface area contributed by atoms with E-state index in [0.717, 1.165) is 6.07 Å². The van der Waals surface area contributed by atoms with Crippen LogP contribution in [0.5, 0.6) is 0 Å². The Kier molecular flexibility index (Phi) is 5.88. The second kappa shape index (κ2) is 8.34. The fourth-order valence-corrected chi connectivity index (χ4v) is 2.91. The van der Waals surface area contributed by atoms with Gasteiger partial charge in [-0.25, -0.2) is 4.98 Å². The molecule has 3 rings (SSSR count). The second-order valence-electron chi connectivity index (χ2n) is 6.25. The van der Waals surface area contributed by atoms with E-state index in [1.165, 1.54) is 36.8 Å². The molecule has 0 unspecified atom stereocenters. The highest BCUT2D eigenvalue weighted by atomic mass is 19.4. The number of hydrogen-bond donors (Lipinski definition) is 1. The maximum Gasteiger partial charge on any atom is 0.418 e. The lowest BCUT2D eigenvalue weighted by atomic mass is 10.1. The van der Waals surface area contributed by atoms with Crippen LogP contribution >= 0.6 is 0 Å². The Balaban J connectivity index is 1.53. The van der Waals surface area contributed by atoms with Crippen LogP contribution in [0.3, 0.4) is 0 Å². The lowest BCUT2D eigenvalue weighted by molar-refractivity contribution is -0.137. The molecule has 28 heavy (non-hydrogen) atoms. The van der Waals surface area contributed by atoms with Crippen molar-refractivity contribution in [3.05, 3.63) is 54.1 Å². The quantitative estimate of drug-likeness (QED) is 0.858. The Morgan fingerprint density at radius 2 is 1.79 bits per heavy atom. The molecule has 1 aromatic carbocycles. The molecule has 1 aromatic heterocycles. The van der Waals surface area contributed by atoms with E-state index >= 15 is 0 Å². The van der Waals surface area contributed by atoms with Gasteiger partial charge in [0.25, 0.3) is 5.91 Å². The molecule has 1 aliphatic rings. The molecule has 0 bridgehead atoms. The Bertz CT molecular complexity index is 837. The molecule has 2 heterocycles. The number of piperazine rings is 1. The molecule has 0 atom stereocenters. The first-order chi connectivity index (χ1) is 13.3. The number of alkyl halides is 3. The molecule has 0 aliphatic carbocycles. The van der Waals surface area contributed by atoms with Crippen molar-refractivity contribution in [1.82, 2.24) is 19.8 Å². The van der Waals surface area contributed by atoms with Gasteiger partial charge in [-0.15, -0.1) is 0 Å². The molecule has 7 nitrogen and oxygen atoms in total. The molecular weight excluding hydrogens is 375 g/mol. The number of amides is 2. The standard InChI is InChI=1S/C18H18F3N5O2/c19-18(20,21)13-3-1-2-4-14(13)24-16(27)12-25-7-9-26(10-8-25)17(28)15-11-22-5-6-23-15/h1-6,11H,7-10,12H2,(H,24,27). The summed E-state index contributed by atoms with van der Waals surface area (Å²) in [4.78, 5) is 35.7. The SMILES string of the molecule is O=C(CN1CCN(C(=O)c2cnccn2)CC1)Nc1ccccc1C(F)(F)F. The van der Waals surface area contributed by atoms with Gasteiger partial charge >= 0.3 is 6.18 Å². The highest BCUT2D eigenvalue weighted by Gasteiger charge is 2.33. The Morgan fingerprint density at radius 3 is 2.43 bits per heavy atom. The Morgan fingerprint density at radius 1 is 1.07 bits per heavy atom. The van der Waals surface area contributed by atoms with Crippen molar-refractivity contribution >= 4 is 17.5 Å². The van der Waals surface area contributed by atoms with E-state index in [2.05, 4.69) is 15.3 Å². The molecule has 1 saturated heterocycles. The highest BCUT2D eigenvalue weighted by Crippen LogP contribution is 2.34. The number of nitrogens with zero attached hydrogens (tertiary/aromatic N) is 4. The minimum Gasteiger partial charge on any atom is -0.335 e. The number of aromatic nitrogens is 2. The zero-order valence-electron chi connectivity index (χ0n) is 14.8. The van der Waals surface area contributed by atoms with Crippen LogP contribution in [0.4, 0.5) is 18.9 Å². The molecule has 2 amide bonds. The predicted octanol–water partition coefficient (Wildman–Crippen LogP) is 1.89. The molecule has 0 spiro atoms. The second-order valence-corrected chi connectivity index (χ2v) is 6.25. The summed E-state index contributed by atoms with van der Waals surface area (Å²) in [5.41, 5.74) is -0.906. The van der Waals surface area contributed by atoms with E-state index in [1.807, 2.05) is 0 Å². The lowest BCUT2D eigenvalue weighted by Crippen LogP contribution is -2.50. The number of para-hydroxylation sites is 1. The third kappa shape index (κ3) is 4.83. The number of anilines is 1. The summed E-state index contributed by atoms with van der Waals surface area (Å²) >= 11 is 0. The smallest absolute Gasteiger partial charge is 0.335 e. The fraction of sp³-hybridized carbons (Fsp3) is 0.333. The predicted molar refractivity (Wildman–Crippen MR) is 94.4 cm³/mol. The van der Waals surface area contributed by atoms with Gasteiger partial charge in [-0.2, -0.15) is 13.2 Å². The van der Waals surface area contributed by atoms with Crippen molar-refractivity contribution in [1.29, 1.82) is 0 Å². The molecule has 2 aromatic rings. The van der Waals surface area contributed by atoms with E-state index < -0.39 is 17.6 Å². The van der Waals surface area contributed by atoms with Crippen molar-refractivity contribution in [2.75, 3.05) is 38.0 Å². The van der Waals surface area contributed by atoms with E-state index in [4.69, 9.17) is 0 Å². The average Bonchev–Trinajstić information content (AvgIpc) is 2.68. The number of benzene rings is 1. The first-order valence-corrected chi connectivity index (χ1v) is 8.58. The van der Waals surface area contributed by atoms with Crippen LogP contribution < -0.4 is 5.32 Å². The van der Waals surface area contributed by atoms with E-state index in [1.54, 1.807) is 9.80 Å². The summed E-state index contributed by atoms with van der Waals surface area (Å²) in [5.74, 6) is -0.776. The van der Waals surface area contributed by atoms with Crippen LogP contribution in [0.1, 0.15) is 16.1 Å². The van der Waals surface area contributed by atoms with Gasteiger partial charge in [0, 0.05) is 38.6 Å². The number of hydrogen-bond acceptors (Lipinski definition) is 5. The Labute approximate surface area is 159 Å². The van der Waals surface area contributed by atoms with Crippen LogP contribution in [0.2, 0.25) is 0 Å². The normalized spacial score (nSPS) is 15.3. The zero-order chi connectivity index (χ0) is 20.1. The summed E-state index contributed by atoms with van der Waals surface area (Å²) in [6.45, 7) is 1.59. The monoisotopic (exact) mass is 393 g/mol. The number of carbonyl (C=O) groups is 2. The summed E-state index contributed by atoms with van der Waals surface area (Å²) in [5, 5.41) is 2.32. The molecule has 148 valence electrons. The largest absolute Gasteiger partial charge is 0.418 e. The lowest BCUT2D eigenvalue weighted by Gasteiger charge is -2.34. The number of carbonyl (C=O) groups excluding carboxylic acids is 2. The third-order valence-corrected chi connectivity index (χ3v) is 4.32. The van der Waals surface area contributed by atoms with Crippen LogP contribution in [0.25, 0.3) is 0 Å². The average molecular weight is 393 g/mol. The van der Waals surface area contributed by atoms with Crippen LogP contribution in [-0.4, -0.2) is 64.3 Å². The minimum absolute atomic E-state index is 0.0562. The molecule has 1 fully saturated rings. The first-order valence-electron chi connectivity index (χ1n) is 8.58. The van der Waals surface area contributed by atoms with Crippen LogP contribution in [-0.2, 0) is 11.0 Å². The molecule has 1 aliphatic heterocycles. The molecular formula is C18H18F3N5O2. The van der Waals surface area contributed by atoms with Crippen molar-refractivity contribution in [3.8, 4) is 0 Å². The Hall–Kier alpha value is -3.01. The van der Waals surface area contributed by atoms with Crippen molar-refractivity contribution in [2.45, 2.75) is 6.18 Å². The van der Waals surface area contributed by atoms with Gasteiger partial charge in [-0.05, 0) is 12.1 Å². The summed E-state index contributed by atoms with van der Waals surface area (Å²) < 4.78 is 39.0. The maximum absolute atomic E-state index is 13.0. The minimum atomic E-state index is -4.55. The van der Waals surface area contributed by atoms with Crippen molar-refractivity contribution in [3.63, 3.8) is 0 Å².